The Labute approximate surface area is 96.2 Å². The van der Waals surface area contributed by atoms with Gasteiger partial charge in [-0.3, -0.25) is 4.90 Å². The molecule has 0 spiro atoms. The van der Waals surface area contributed by atoms with E-state index in [-0.39, 0.29) is 6.61 Å². The van der Waals surface area contributed by atoms with Crippen LogP contribution < -0.4 is 4.74 Å². The minimum atomic E-state index is 0.135. The average molecular weight is 222 g/mol. The Morgan fingerprint density at radius 3 is 3.06 bits per heavy atom. The predicted molar refractivity (Wildman–Crippen MR) is 63.3 cm³/mol. The van der Waals surface area contributed by atoms with E-state index in [9.17, 15) is 0 Å². The number of ether oxygens (including phenoxy) is 1. The molecule has 0 amide bonds. The molecule has 1 aromatic rings. The third-order valence-electron chi connectivity index (χ3n) is 2.24. The first kappa shape index (κ1) is 12.7. The van der Waals surface area contributed by atoms with Gasteiger partial charge in [-0.15, -0.1) is 6.58 Å². The first-order chi connectivity index (χ1) is 7.81. The molecule has 0 saturated heterocycles. The number of aliphatic hydroxyl groups is 1. The van der Waals surface area contributed by atoms with Gasteiger partial charge in [-0.2, -0.15) is 0 Å². The summed E-state index contributed by atoms with van der Waals surface area (Å²) in [6.45, 7) is 5.88. The van der Waals surface area contributed by atoms with Crippen LogP contribution in [0, 0.1) is 0 Å². The SMILES string of the molecule is C=CCN(CCO)Cc1cccnc1OC. The summed E-state index contributed by atoms with van der Waals surface area (Å²) < 4.78 is 5.18. The molecule has 1 N–H and O–H groups in total. The van der Waals surface area contributed by atoms with Gasteiger partial charge in [0.2, 0.25) is 5.88 Å². The molecule has 0 fully saturated rings. The highest BCUT2D eigenvalue weighted by Crippen LogP contribution is 2.15. The minimum Gasteiger partial charge on any atom is -0.481 e. The smallest absolute Gasteiger partial charge is 0.217 e. The highest BCUT2D eigenvalue weighted by atomic mass is 16.5. The van der Waals surface area contributed by atoms with Crippen LogP contribution in [0.4, 0.5) is 0 Å². The zero-order valence-electron chi connectivity index (χ0n) is 9.59. The summed E-state index contributed by atoms with van der Waals surface area (Å²) in [5, 5.41) is 8.94. The molecule has 1 heterocycles. The van der Waals surface area contributed by atoms with Crippen molar-refractivity contribution in [3.63, 3.8) is 0 Å². The quantitative estimate of drug-likeness (QED) is 0.701. The fraction of sp³-hybridized carbons (Fsp3) is 0.417. The Morgan fingerprint density at radius 1 is 1.62 bits per heavy atom. The molecule has 16 heavy (non-hydrogen) atoms. The summed E-state index contributed by atoms with van der Waals surface area (Å²) in [6, 6.07) is 3.85. The maximum Gasteiger partial charge on any atom is 0.217 e. The van der Waals surface area contributed by atoms with Gasteiger partial charge in [-0.25, -0.2) is 4.98 Å². The Hall–Kier alpha value is -1.39. The molecule has 4 heteroatoms. The number of aromatic nitrogens is 1. The zero-order chi connectivity index (χ0) is 11.8. The van der Waals surface area contributed by atoms with Crippen molar-refractivity contribution in [3.8, 4) is 5.88 Å². The van der Waals surface area contributed by atoms with E-state index in [1.165, 1.54) is 0 Å². The number of rotatable bonds is 7. The van der Waals surface area contributed by atoms with Crippen LogP contribution in [-0.4, -0.2) is 41.8 Å². The largest absolute Gasteiger partial charge is 0.481 e. The van der Waals surface area contributed by atoms with Crippen LogP contribution in [0.25, 0.3) is 0 Å². The normalized spacial score (nSPS) is 10.4. The molecule has 1 aromatic heterocycles. The lowest BCUT2D eigenvalue weighted by Crippen LogP contribution is -2.26. The molecule has 4 nitrogen and oxygen atoms in total. The van der Waals surface area contributed by atoms with E-state index < -0.39 is 0 Å². The molecule has 0 aromatic carbocycles. The van der Waals surface area contributed by atoms with Gasteiger partial charge in [0.25, 0.3) is 0 Å². The highest BCUT2D eigenvalue weighted by molar-refractivity contribution is 5.25. The summed E-state index contributed by atoms with van der Waals surface area (Å²) in [5.41, 5.74) is 1.01. The Bertz CT molecular complexity index is 329. The van der Waals surface area contributed by atoms with E-state index in [1.54, 1.807) is 13.3 Å². The summed E-state index contributed by atoms with van der Waals surface area (Å²) in [6.07, 6.45) is 3.52. The van der Waals surface area contributed by atoms with Crippen molar-refractivity contribution in [3.05, 3.63) is 36.5 Å². The third-order valence-corrected chi connectivity index (χ3v) is 2.24. The molecule has 0 unspecified atom stereocenters. The molecule has 0 aliphatic rings. The topological polar surface area (TPSA) is 45.6 Å². The lowest BCUT2D eigenvalue weighted by atomic mass is 10.2. The van der Waals surface area contributed by atoms with Crippen molar-refractivity contribution in [2.75, 3.05) is 26.8 Å². The average Bonchev–Trinajstić information content (AvgIpc) is 2.30. The van der Waals surface area contributed by atoms with E-state index in [4.69, 9.17) is 9.84 Å². The molecule has 0 bridgehead atoms. The van der Waals surface area contributed by atoms with Gasteiger partial charge in [0.05, 0.1) is 13.7 Å². The van der Waals surface area contributed by atoms with Crippen molar-refractivity contribution in [1.82, 2.24) is 9.88 Å². The van der Waals surface area contributed by atoms with E-state index in [1.807, 2.05) is 18.2 Å². The van der Waals surface area contributed by atoms with Crippen molar-refractivity contribution in [2.24, 2.45) is 0 Å². The minimum absolute atomic E-state index is 0.135. The van der Waals surface area contributed by atoms with E-state index in [0.717, 1.165) is 12.1 Å². The summed E-state index contributed by atoms with van der Waals surface area (Å²) in [4.78, 5) is 6.21. The fourth-order valence-corrected chi connectivity index (χ4v) is 1.53. The maximum absolute atomic E-state index is 8.94. The van der Waals surface area contributed by atoms with Crippen LogP contribution >= 0.6 is 0 Å². The molecule has 0 saturated carbocycles. The molecular formula is C12H18N2O2. The number of hydrogen-bond donors (Lipinski definition) is 1. The second-order valence-electron chi connectivity index (χ2n) is 3.42. The summed E-state index contributed by atoms with van der Waals surface area (Å²) >= 11 is 0. The Morgan fingerprint density at radius 2 is 2.44 bits per heavy atom. The van der Waals surface area contributed by atoms with Crippen molar-refractivity contribution < 1.29 is 9.84 Å². The molecule has 0 radical (unpaired) electrons. The van der Waals surface area contributed by atoms with Gasteiger partial charge in [0.1, 0.15) is 0 Å². The summed E-state index contributed by atoms with van der Waals surface area (Å²) in [5.74, 6) is 0.634. The second kappa shape index (κ2) is 6.98. The monoisotopic (exact) mass is 222 g/mol. The second-order valence-corrected chi connectivity index (χ2v) is 3.42. The van der Waals surface area contributed by atoms with Gasteiger partial charge >= 0.3 is 0 Å². The number of methoxy groups -OCH3 is 1. The van der Waals surface area contributed by atoms with Crippen molar-refractivity contribution in [2.45, 2.75) is 6.54 Å². The van der Waals surface area contributed by atoms with E-state index in [2.05, 4.69) is 16.5 Å². The Kier molecular flexibility index (Phi) is 5.53. The lowest BCUT2D eigenvalue weighted by Gasteiger charge is -2.20. The Balaban J connectivity index is 2.71. The van der Waals surface area contributed by atoms with Gasteiger partial charge in [-0.05, 0) is 6.07 Å². The molecule has 0 aliphatic heterocycles. The zero-order valence-corrected chi connectivity index (χ0v) is 9.59. The van der Waals surface area contributed by atoms with Gasteiger partial charge in [-0.1, -0.05) is 12.1 Å². The number of nitrogens with zero attached hydrogens (tertiary/aromatic N) is 2. The maximum atomic E-state index is 8.94. The highest BCUT2D eigenvalue weighted by Gasteiger charge is 2.08. The van der Waals surface area contributed by atoms with E-state index in [0.29, 0.717) is 19.0 Å². The molecule has 88 valence electrons. The number of aliphatic hydroxyl groups excluding tert-OH is 1. The van der Waals surface area contributed by atoms with Crippen LogP contribution in [-0.2, 0) is 6.54 Å². The van der Waals surface area contributed by atoms with E-state index >= 15 is 0 Å². The lowest BCUT2D eigenvalue weighted by molar-refractivity contribution is 0.201. The fourth-order valence-electron chi connectivity index (χ4n) is 1.53. The van der Waals surface area contributed by atoms with Gasteiger partial charge in [0, 0.05) is 31.4 Å². The molecular weight excluding hydrogens is 204 g/mol. The van der Waals surface area contributed by atoms with Crippen LogP contribution in [0.2, 0.25) is 0 Å². The predicted octanol–water partition coefficient (Wildman–Crippen LogP) is 1.07. The van der Waals surface area contributed by atoms with Crippen molar-refractivity contribution >= 4 is 0 Å². The van der Waals surface area contributed by atoms with Crippen LogP contribution in [0.15, 0.2) is 31.0 Å². The molecule has 0 atom stereocenters. The first-order valence-electron chi connectivity index (χ1n) is 5.23. The summed E-state index contributed by atoms with van der Waals surface area (Å²) in [7, 11) is 1.61. The van der Waals surface area contributed by atoms with Crippen LogP contribution in [0.5, 0.6) is 5.88 Å². The standard InChI is InChI=1S/C12H18N2O2/c1-3-7-14(8-9-15)10-11-5-4-6-13-12(11)16-2/h3-6,15H,1,7-10H2,2H3. The number of hydrogen-bond acceptors (Lipinski definition) is 4. The first-order valence-corrected chi connectivity index (χ1v) is 5.23. The molecule has 0 aliphatic carbocycles. The number of pyridine rings is 1. The van der Waals surface area contributed by atoms with Crippen molar-refractivity contribution in [1.29, 1.82) is 0 Å². The molecule has 1 rings (SSSR count). The van der Waals surface area contributed by atoms with Crippen LogP contribution in [0.1, 0.15) is 5.56 Å². The van der Waals surface area contributed by atoms with Crippen LogP contribution in [0.3, 0.4) is 0 Å². The van der Waals surface area contributed by atoms with Gasteiger partial charge < -0.3 is 9.84 Å². The van der Waals surface area contributed by atoms with Gasteiger partial charge in [0.15, 0.2) is 0 Å². The third kappa shape index (κ3) is 3.64.